The van der Waals surface area contributed by atoms with Gasteiger partial charge in [-0.15, -0.1) is 6.58 Å². The second-order valence-corrected chi connectivity index (χ2v) is 7.75. The SMILES string of the molecule is C=CCN(CC(=O)N(Cc1ccccc1)Cc1ccco1)C(=O)Nc1ccccc1Br. The lowest BCUT2D eigenvalue weighted by Gasteiger charge is -2.27. The molecule has 0 atom stereocenters. The molecule has 6 nitrogen and oxygen atoms in total. The highest BCUT2D eigenvalue weighted by atomic mass is 79.9. The lowest BCUT2D eigenvalue weighted by Crippen LogP contribution is -2.44. The molecule has 0 unspecified atom stereocenters. The molecule has 0 saturated heterocycles. The molecule has 1 N–H and O–H groups in total. The Labute approximate surface area is 190 Å². The van der Waals surface area contributed by atoms with Gasteiger partial charge in [0.15, 0.2) is 0 Å². The minimum absolute atomic E-state index is 0.0875. The van der Waals surface area contributed by atoms with Gasteiger partial charge in [-0.25, -0.2) is 4.79 Å². The number of hydrogen-bond donors (Lipinski definition) is 1. The lowest BCUT2D eigenvalue weighted by molar-refractivity contribution is -0.133. The van der Waals surface area contributed by atoms with E-state index >= 15 is 0 Å². The number of hydrogen-bond acceptors (Lipinski definition) is 3. The van der Waals surface area contributed by atoms with E-state index < -0.39 is 0 Å². The first-order valence-corrected chi connectivity index (χ1v) is 10.6. The average molecular weight is 482 g/mol. The fourth-order valence-corrected chi connectivity index (χ4v) is 3.41. The highest BCUT2D eigenvalue weighted by Crippen LogP contribution is 2.21. The summed E-state index contributed by atoms with van der Waals surface area (Å²) in [6.45, 7) is 4.59. The molecular formula is C24H24BrN3O3. The number of para-hydroxylation sites is 1. The van der Waals surface area contributed by atoms with Crippen LogP contribution in [0.3, 0.4) is 0 Å². The van der Waals surface area contributed by atoms with Crippen molar-refractivity contribution in [3.8, 4) is 0 Å². The number of urea groups is 1. The van der Waals surface area contributed by atoms with Gasteiger partial charge in [0.05, 0.1) is 18.5 Å². The molecule has 3 rings (SSSR count). The summed E-state index contributed by atoms with van der Waals surface area (Å²) < 4.78 is 6.20. The maximum Gasteiger partial charge on any atom is 0.322 e. The van der Waals surface area contributed by atoms with Crippen LogP contribution >= 0.6 is 15.9 Å². The molecule has 3 aromatic rings. The number of benzene rings is 2. The molecule has 0 aliphatic heterocycles. The fraction of sp³-hybridized carbons (Fsp3) is 0.167. The minimum atomic E-state index is -0.377. The summed E-state index contributed by atoms with van der Waals surface area (Å²) in [7, 11) is 0. The molecule has 7 heteroatoms. The van der Waals surface area contributed by atoms with Crippen LogP contribution in [0.2, 0.25) is 0 Å². The highest BCUT2D eigenvalue weighted by Gasteiger charge is 2.22. The van der Waals surface area contributed by atoms with Gasteiger partial charge >= 0.3 is 6.03 Å². The molecule has 0 bridgehead atoms. The number of furan rings is 1. The number of rotatable bonds is 9. The monoisotopic (exact) mass is 481 g/mol. The van der Waals surface area contributed by atoms with Crippen LogP contribution in [0.1, 0.15) is 11.3 Å². The zero-order valence-corrected chi connectivity index (χ0v) is 18.6. The van der Waals surface area contributed by atoms with E-state index in [-0.39, 0.29) is 25.0 Å². The van der Waals surface area contributed by atoms with Crippen LogP contribution in [-0.2, 0) is 17.9 Å². The van der Waals surface area contributed by atoms with Crippen molar-refractivity contribution in [2.24, 2.45) is 0 Å². The van der Waals surface area contributed by atoms with Crippen LogP contribution in [0.15, 0.2) is 94.5 Å². The Morgan fingerprint density at radius 3 is 2.39 bits per heavy atom. The fourth-order valence-electron chi connectivity index (χ4n) is 3.02. The Balaban J connectivity index is 1.73. The molecule has 0 saturated carbocycles. The standard InChI is InChI=1S/C24H24BrN3O3/c1-2-14-27(24(30)26-22-13-7-6-12-21(22)25)18-23(29)28(17-20-11-8-15-31-20)16-19-9-4-3-5-10-19/h2-13,15H,1,14,16-18H2,(H,26,30). The Kier molecular flexibility index (Phi) is 8.06. The largest absolute Gasteiger partial charge is 0.467 e. The zero-order chi connectivity index (χ0) is 22.1. The Bertz CT molecular complexity index is 1010. The van der Waals surface area contributed by atoms with Gasteiger partial charge in [-0.2, -0.15) is 0 Å². The van der Waals surface area contributed by atoms with Crippen molar-refractivity contribution >= 4 is 33.6 Å². The molecule has 3 amide bonds. The van der Waals surface area contributed by atoms with Crippen molar-refractivity contribution in [3.63, 3.8) is 0 Å². The minimum Gasteiger partial charge on any atom is -0.467 e. The number of anilines is 1. The molecule has 31 heavy (non-hydrogen) atoms. The molecule has 1 aromatic heterocycles. The molecule has 0 radical (unpaired) electrons. The summed E-state index contributed by atoms with van der Waals surface area (Å²) in [6, 6.07) is 20.3. The summed E-state index contributed by atoms with van der Waals surface area (Å²) >= 11 is 3.42. The summed E-state index contributed by atoms with van der Waals surface area (Å²) in [5, 5.41) is 2.84. The second kappa shape index (κ2) is 11.2. The van der Waals surface area contributed by atoms with E-state index in [1.54, 1.807) is 29.4 Å². The number of carbonyl (C=O) groups is 2. The van der Waals surface area contributed by atoms with E-state index in [4.69, 9.17) is 4.42 Å². The summed E-state index contributed by atoms with van der Waals surface area (Å²) in [5.74, 6) is 0.488. The van der Waals surface area contributed by atoms with E-state index in [9.17, 15) is 9.59 Å². The number of nitrogens with one attached hydrogen (secondary N) is 1. The first kappa shape index (κ1) is 22.4. The van der Waals surface area contributed by atoms with E-state index in [2.05, 4.69) is 27.8 Å². The van der Waals surface area contributed by atoms with E-state index in [0.717, 1.165) is 10.0 Å². The van der Waals surface area contributed by atoms with Crippen molar-refractivity contribution in [1.29, 1.82) is 0 Å². The molecular weight excluding hydrogens is 458 g/mol. The van der Waals surface area contributed by atoms with Gasteiger partial charge in [-0.3, -0.25) is 4.79 Å². The summed E-state index contributed by atoms with van der Waals surface area (Å²) in [6.07, 6.45) is 3.18. The molecule has 1 heterocycles. The van der Waals surface area contributed by atoms with Crippen LogP contribution in [0, 0.1) is 0 Å². The first-order valence-electron chi connectivity index (χ1n) is 9.82. The molecule has 0 fully saturated rings. The van der Waals surface area contributed by atoms with Gasteiger partial charge in [0.2, 0.25) is 5.91 Å². The normalized spacial score (nSPS) is 10.4. The van der Waals surface area contributed by atoms with Crippen molar-refractivity contribution in [3.05, 3.63) is 101 Å². The van der Waals surface area contributed by atoms with Crippen LogP contribution < -0.4 is 5.32 Å². The number of halogens is 1. The van der Waals surface area contributed by atoms with E-state index in [1.165, 1.54) is 4.90 Å². The summed E-state index contributed by atoms with van der Waals surface area (Å²) in [5.41, 5.74) is 1.63. The molecule has 0 aliphatic rings. The van der Waals surface area contributed by atoms with Crippen molar-refractivity contribution in [1.82, 2.24) is 9.80 Å². The third-order valence-corrected chi connectivity index (χ3v) is 5.27. The van der Waals surface area contributed by atoms with E-state index in [1.807, 2.05) is 54.6 Å². The summed E-state index contributed by atoms with van der Waals surface area (Å²) in [4.78, 5) is 29.1. The maximum atomic E-state index is 13.2. The predicted octanol–water partition coefficient (Wildman–Crippen LogP) is 5.29. The van der Waals surface area contributed by atoms with Gasteiger partial charge < -0.3 is 19.5 Å². The van der Waals surface area contributed by atoms with E-state index in [0.29, 0.717) is 24.5 Å². The molecule has 0 aliphatic carbocycles. The quantitative estimate of drug-likeness (QED) is 0.422. The first-order chi connectivity index (χ1) is 15.1. The van der Waals surface area contributed by atoms with Gasteiger partial charge in [0.25, 0.3) is 0 Å². The topological polar surface area (TPSA) is 65.8 Å². The number of carbonyl (C=O) groups excluding carboxylic acids is 2. The predicted molar refractivity (Wildman–Crippen MR) is 124 cm³/mol. The van der Waals surface area contributed by atoms with Crippen molar-refractivity contribution in [2.75, 3.05) is 18.4 Å². The van der Waals surface area contributed by atoms with Gasteiger partial charge in [0.1, 0.15) is 12.3 Å². The van der Waals surface area contributed by atoms with Crippen LogP contribution in [0.4, 0.5) is 10.5 Å². The Hall–Kier alpha value is -3.32. The third-order valence-electron chi connectivity index (χ3n) is 4.57. The van der Waals surface area contributed by atoms with Crippen LogP contribution in [0.25, 0.3) is 0 Å². The second-order valence-electron chi connectivity index (χ2n) is 6.89. The van der Waals surface area contributed by atoms with Crippen molar-refractivity contribution in [2.45, 2.75) is 13.1 Å². The van der Waals surface area contributed by atoms with Gasteiger partial charge in [-0.05, 0) is 45.8 Å². The highest BCUT2D eigenvalue weighted by molar-refractivity contribution is 9.10. The van der Waals surface area contributed by atoms with Crippen LogP contribution in [0.5, 0.6) is 0 Å². The molecule has 160 valence electrons. The number of nitrogens with zero attached hydrogens (tertiary/aromatic N) is 2. The molecule has 0 spiro atoms. The van der Waals surface area contributed by atoms with Crippen LogP contribution in [-0.4, -0.2) is 34.8 Å². The third kappa shape index (κ3) is 6.58. The smallest absolute Gasteiger partial charge is 0.322 e. The number of amides is 3. The van der Waals surface area contributed by atoms with Gasteiger partial charge in [0, 0.05) is 17.6 Å². The molecule has 2 aromatic carbocycles. The average Bonchev–Trinajstić information content (AvgIpc) is 3.28. The van der Waals surface area contributed by atoms with Crippen molar-refractivity contribution < 1.29 is 14.0 Å². The Morgan fingerprint density at radius 2 is 1.71 bits per heavy atom. The Morgan fingerprint density at radius 1 is 0.968 bits per heavy atom. The maximum absolute atomic E-state index is 13.2. The zero-order valence-electron chi connectivity index (χ0n) is 17.0. The van der Waals surface area contributed by atoms with Gasteiger partial charge in [-0.1, -0.05) is 48.5 Å². The lowest BCUT2D eigenvalue weighted by atomic mass is 10.2.